The number of benzene rings is 2. The number of ether oxygens (including phenoxy) is 1. The zero-order valence-corrected chi connectivity index (χ0v) is 10.3. The summed E-state index contributed by atoms with van der Waals surface area (Å²) in [6.45, 7) is 0. The monoisotopic (exact) mass is 254 g/mol. The molecule has 1 N–H and O–H groups in total. The molecule has 1 heterocycles. The fraction of sp³-hybridized carbons (Fsp3) is 0.188. The molecule has 0 aromatic heterocycles. The lowest BCUT2D eigenvalue weighted by Crippen LogP contribution is -2.11. The van der Waals surface area contributed by atoms with Crippen molar-refractivity contribution >= 4 is 5.97 Å². The van der Waals surface area contributed by atoms with Gasteiger partial charge in [-0.15, -0.1) is 0 Å². The maximum Gasteiger partial charge on any atom is 0.335 e. The second kappa shape index (κ2) is 4.86. The Morgan fingerprint density at radius 3 is 2.16 bits per heavy atom. The maximum atomic E-state index is 11.2. The van der Waals surface area contributed by atoms with E-state index in [1.165, 1.54) is 0 Å². The number of carbonyl (C=O) groups is 1. The van der Waals surface area contributed by atoms with Gasteiger partial charge in [0.1, 0.15) is 6.10 Å². The maximum absolute atomic E-state index is 11.2. The number of cyclic esters (lactones) is 1. The van der Waals surface area contributed by atoms with Crippen molar-refractivity contribution in [2.75, 3.05) is 0 Å². The predicted molar refractivity (Wildman–Crippen MR) is 71.3 cm³/mol. The number of aliphatic hydroxyl groups excluding tert-OH is 1. The Morgan fingerprint density at radius 2 is 1.58 bits per heavy atom. The highest BCUT2D eigenvalue weighted by atomic mass is 16.6. The van der Waals surface area contributed by atoms with Crippen molar-refractivity contribution in [1.29, 1.82) is 0 Å². The van der Waals surface area contributed by atoms with Crippen LogP contribution in [0.3, 0.4) is 0 Å². The highest BCUT2D eigenvalue weighted by Crippen LogP contribution is 2.31. The molecule has 0 radical (unpaired) electrons. The second-order valence-corrected chi connectivity index (χ2v) is 4.67. The fourth-order valence-electron chi connectivity index (χ4n) is 2.29. The summed E-state index contributed by atoms with van der Waals surface area (Å²) in [5.41, 5.74) is 3.19. The number of rotatable bonds is 2. The molecule has 0 aliphatic carbocycles. The van der Waals surface area contributed by atoms with Crippen LogP contribution in [0.15, 0.2) is 54.6 Å². The lowest BCUT2D eigenvalue weighted by Gasteiger charge is -2.10. The van der Waals surface area contributed by atoms with E-state index in [0.717, 1.165) is 16.7 Å². The van der Waals surface area contributed by atoms with Gasteiger partial charge in [-0.3, -0.25) is 0 Å². The number of aliphatic hydroxyl groups is 1. The Morgan fingerprint density at radius 1 is 0.947 bits per heavy atom. The first kappa shape index (κ1) is 11.9. The van der Waals surface area contributed by atoms with Crippen LogP contribution in [0, 0.1) is 0 Å². The van der Waals surface area contributed by atoms with E-state index in [1.54, 1.807) is 0 Å². The van der Waals surface area contributed by atoms with E-state index < -0.39 is 12.1 Å². The van der Waals surface area contributed by atoms with Crippen molar-refractivity contribution in [2.45, 2.75) is 18.6 Å². The SMILES string of the molecule is O=C1O[C@@H](c2ccc(-c3ccccc3)cc2)C[C@@H]1O. The highest BCUT2D eigenvalue weighted by Gasteiger charge is 2.33. The normalized spacial score (nSPS) is 22.3. The molecule has 1 aliphatic rings. The predicted octanol–water partition coefficient (Wildman–Crippen LogP) is 2.70. The summed E-state index contributed by atoms with van der Waals surface area (Å²) in [4.78, 5) is 11.2. The van der Waals surface area contributed by atoms with Crippen molar-refractivity contribution in [1.82, 2.24) is 0 Å². The molecule has 0 amide bonds. The van der Waals surface area contributed by atoms with E-state index in [1.807, 2.05) is 54.6 Å². The molecule has 0 bridgehead atoms. The number of esters is 1. The smallest absolute Gasteiger partial charge is 0.335 e. The van der Waals surface area contributed by atoms with Gasteiger partial charge in [-0.05, 0) is 16.7 Å². The van der Waals surface area contributed by atoms with Gasteiger partial charge in [0.05, 0.1) is 0 Å². The van der Waals surface area contributed by atoms with Crippen molar-refractivity contribution in [3.8, 4) is 11.1 Å². The zero-order valence-electron chi connectivity index (χ0n) is 10.3. The molecule has 2 atom stereocenters. The molecule has 19 heavy (non-hydrogen) atoms. The lowest BCUT2D eigenvalue weighted by atomic mass is 10.0. The number of hydrogen-bond acceptors (Lipinski definition) is 3. The van der Waals surface area contributed by atoms with Crippen LogP contribution in [0.5, 0.6) is 0 Å². The van der Waals surface area contributed by atoms with Crippen LogP contribution in [0.2, 0.25) is 0 Å². The molecule has 96 valence electrons. The van der Waals surface area contributed by atoms with Crippen molar-refractivity contribution < 1.29 is 14.6 Å². The van der Waals surface area contributed by atoms with E-state index in [9.17, 15) is 9.90 Å². The Hall–Kier alpha value is -2.13. The largest absolute Gasteiger partial charge is 0.455 e. The van der Waals surface area contributed by atoms with Gasteiger partial charge in [-0.1, -0.05) is 54.6 Å². The summed E-state index contributed by atoms with van der Waals surface area (Å²) in [5.74, 6) is -0.530. The zero-order chi connectivity index (χ0) is 13.2. The first-order chi connectivity index (χ1) is 9.24. The Labute approximate surface area is 111 Å². The Kier molecular flexibility index (Phi) is 3.05. The topological polar surface area (TPSA) is 46.5 Å². The first-order valence-corrected chi connectivity index (χ1v) is 6.28. The van der Waals surface area contributed by atoms with E-state index in [0.29, 0.717) is 6.42 Å². The number of carbonyl (C=O) groups excluding carboxylic acids is 1. The van der Waals surface area contributed by atoms with E-state index in [2.05, 4.69) is 0 Å². The molecule has 0 saturated carbocycles. The minimum atomic E-state index is -0.987. The lowest BCUT2D eigenvalue weighted by molar-refractivity contribution is -0.147. The Bertz CT molecular complexity index is 575. The molecule has 2 aromatic carbocycles. The quantitative estimate of drug-likeness (QED) is 0.838. The standard InChI is InChI=1S/C16H14O3/c17-14-10-15(19-16(14)18)13-8-6-12(7-9-13)11-4-2-1-3-5-11/h1-9,14-15,17H,10H2/t14-,15+/m0/s1. The summed E-state index contributed by atoms with van der Waals surface area (Å²) >= 11 is 0. The van der Waals surface area contributed by atoms with Gasteiger partial charge in [-0.2, -0.15) is 0 Å². The first-order valence-electron chi connectivity index (χ1n) is 6.28. The average Bonchev–Trinajstić information content (AvgIpc) is 2.80. The number of hydrogen-bond donors (Lipinski definition) is 1. The molecule has 0 unspecified atom stereocenters. The molecule has 1 saturated heterocycles. The molecule has 3 heteroatoms. The summed E-state index contributed by atoms with van der Waals surface area (Å²) < 4.78 is 5.12. The Balaban J connectivity index is 1.82. The third-order valence-corrected chi connectivity index (χ3v) is 3.36. The summed E-state index contributed by atoms with van der Waals surface area (Å²) in [7, 11) is 0. The average molecular weight is 254 g/mol. The third kappa shape index (κ3) is 2.37. The molecule has 1 aliphatic heterocycles. The molecule has 1 fully saturated rings. The summed E-state index contributed by atoms with van der Waals surface area (Å²) in [5, 5.41) is 9.39. The van der Waals surface area contributed by atoms with Crippen molar-refractivity contribution in [3.05, 3.63) is 60.2 Å². The molecule has 3 nitrogen and oxygen atoms in total. The minimum absolute atomic E-state index is 0.327. The van der Waals surface area contributed by atoms with Gasteiger partial charge in [0.15, 0.2) is 6.10 Å². The van der Waals surface area contributed by atoms with Crippen LogP contribution >= 0.6 is 0 Å². The fourth-order valence-corrected chi connectivity index (χ4v) is 2.29. The molecular weight excluding hydrogens is 240 g/mol. The van der Waals surface area contributed by atoms with Gasteiger partial charge in [0.2, 0.25) is 0 Å². The van der Waals surface area contributed by atoms with Gasteiger partial charge in [0.25, 0.3) is 0 Å². The van der Waals surface area contributed by atoms with E-state index in [4.69, 9.17) is 4.74 Å². The van der Waals surface area contributed by atoms with Crippen LogP contribution in [0.4, 0.5) is 0 Å². The van der Waals surface area contributed by atoms with E-state index in [-0.39, 0.29) is 6.10 Å². The van der Waals surface area contributed by atoms with Gasteiger partial charge < -0.3 is 9.84 Å². The molecule has 0 spiro atoms. The van der Waals surface area contributed by atoms with Gasteiger partial charge >= 0.3 is 5.97 Å². The summed E-state index contributed by atoms with van der Waals surface area (Å²) in [6.07, 6.45) is -0.977. The van der Waals surface area contributed by atoms with Crippen LogP contribution in [-0.2, 0) is 9.53 Å². The van der Waals surface area contributed by atoms with Gasteiger partial charge in [0, 0.05) is 6.42 Å². The van der Waals surface area contributed by atoms with Crippen molar-refractivity contribution in [3.63, 3.8) is 0 Å². The highest BCUT2D eigenvalue weighted by molar-refractivity contribution is 5.76. The molecule has 3 rings (SSSR count). The molecule has 2 aromatic rings. The molecular formula is C16H14O3. The van der Waals surface area contributed by atoms with Crippen LogP contribution in [0.25, 0.3) is 11.1 Å². The van der Waals surface area contributed by atoms with E-state index >= 15 is 0 Å². The van der Waals surface area contributed by atoms with Crippen molar-refractivity contribution in [2.24, 2.45) is 0 Å². The summed E-state index contributed by atoms with van der Waals surface area (Å²) in [6, 6.07) is 18.0. The van der Waals surface area contributed by atoms with Crippen LogP contribution in [0.1, 0.15) is 18.1 Å². The van der Waals surface area contributed by atoms with Crippen LogP contribution in [-0.4, -0.2) is 17.2 Å². The second-order valence-electron chi connectivity index (χ2n) is 4.67. The van der Waals surface area contributed by atoms with Gasteiger partial charge in [-0.25, -0.2) is 4.79 Å². The third-order valence-electron chi connectivity index (χ3n) is 3.36. The van der Waals surface area contributed by atoms with Crippen LogP contribution < -0.4 is 0 Å². The minimum Gasteiger partial charge on any atom is -0.455 e.